The second kappa shape index (κ2) is 13.2. The van der Waals surface area contributed by atoms with Crippen LogP contribution in [0.25, 0.3) is 115 Å². The molecule has 61 heavy (non-hydrogen) atoms. The van der Waals surface area contributed by atoms with Gasteiger partial charge in [-0.25, -0.2) is 19.9 Å². The van der Waals surface area contributed by atoms with Crippen molar-refractivity contribution in [3.8, 4) is 56.7 Å². The monoisotopic (exact) mass is 797 g/mol. The van der Waals surface area contributed by atoms with Crippen LogP contribution in [0, 0.1) is 0 Å². The van der Waals surface area contributed by atoms with E-state index in [2.05, 4.69) is 169 Å². The van der Waals surface area contributed by atoms with Crippen molar-refractivity contribution in [3.05, 3.63) is 187 Å². The van der Waals surface area contributed by atoms with Crippen molar-refractivity contribution in [2.45, 2.75) is 19.3 Å². The average Bonchev–Trinajstić information content (AvgIpc) is 3.91. The molecule has 0 spiro atoms. The molecule has 4 aromatic heterocycles. The number of fused-ring (bicyclic) bond motifs is 13. The number of hydrogen-bond acceptors (Lipinski definition) is 5. The van der Waals surface area contributed by atoms with E-state index < -0.39 is 0 Å². The lowest BCUT2D eigenvalue weighted by molar-refractivity contribution is 0.715. The molecule has 8 aromatic carbocycles. The predicted octanol–water partition coefficient (Wildman–Crippen LogP) is 14.3. The molecule has 0 bridgehead atoms. The van der Waals surface area contributed by atoms with Gasteiger partial charge in [0, 0.05) is 43.6 Å². The van der Waals surface area contributed by atoms with Crippen LogP contribution >= 0.6 is 11.3 Å². The third kappa shape index (κ3) is 5.39. The van der Waals surface area contributed by atoms with Gasteiger partial charge in [-0.05, 0) is 68.1 Å². The molecule has 286 valence electrons. The lowest BCUT2D eigenvalue weighted by atomic mass is 9.84. The average molecular weight is 798 g/mol. The second-order valence-corrected chi connectivity index (χ2v) is 17.3. The van der Waals surface area contributed by atoms with Crippen molar-refractivity contribution < 1.29 is 0 Å². The molecule has 0 radical (unpaired) electrons. The van der Waals surface area contributed by atoms with Gasteiger partial charge < -0.3 is 0 Å². The number of pyridine rings is 1. The van der Waals surface area contributed by atoms with Gasteiger partial charge in [0.1, 0.15) is 0 Å². The van der Waals surface area contributed by atoms with Crippen molar-refractivity contribution in [1.29, 1.82) is 0 Å². The van der Waals surface area contributed by atoms with Crippen LogP contribution in [0.15, 0.2) is 176 Å². The number of aromatic nitrogens is 5. The fourth-order valence-electron chi connectivity index (χ4n) is 9.62. The third-order valence-corrected chi connectivity index (χ3v) is 13.8. The Morgan fingerprint density at radius 3 is 1.82 bits per heavy atom. The first-order valence-corrected chi connectivity index (χ1v) is 21.7. The van der Waals surface area contributed by atoms with Gasteiger partial charge in [0.15, 0.2) is 23.1 Å². The van der Waals surface area contributed by atoms with Gasteiger partial charge in [-0.15, -0.1) is 11.3 Å². The van der Waals surface area contributed by atoms with E-state index in [0.29, 0.717) is 17.5 Å². The molecule has 12 aromatic rings. The molecular formula is C55H35N5S. The summed E-state index contributed by atoms with van der Waals surface area (Å²) in [7, 11) is 0. The van der Waals surface area contributed by atoms with Crippen molar-refractivity contribution in [1.82, 2.24) is 24.3 Å². The highest BCUT2D eigenvalue weighted by Gasteiger charge is 2.30. The Morgan fingerprint density at radius 2 is 1.05 bits per heavy atom. The molecule has 1 aliphatic carbocycles. The SMILES string of the molecule is CC1Cc2cc3ccccc3cc2-c2nc3c4sc5c6ccccc6ccc5c4cc(-c4ccc(-c5nc(-c6ccccc6)nc(-c6ccc7ccccc7c6)n5)cc4)n3c21. The maximum Gasteiger partial charge on any atom is 0.164 e. The summed E-state index contributed by atoms with van der Waals surface area (Å²) in [5, 5.41) is 9.88. The van der Waals surface area contributed by atoms with E-state index in [4.69, 9.17) is 19.9 Å². The summed E-state index contributed by atoms with van der Waals surface area (Å²) >= 11 is 1.87. The Hall–Kier alpha value is -7.54. The molecule has 0 N–H and O–H groups in total. The molecule has 6 heteroatoms. The Bertz CT molecular complexity index is 3750. The molecule has 13 rings (SSSR count). The Balaban J connectivity index is 1.02. The highest BCUT2D eigenvalue weighted by molar-refractivity contribution is 7.27. The fourth-order valence-corrected chi connectivity index (χ4v) is 10.9. The molecule has 0 amide bonds. The first-order valence-electron chi connectivity index (χ1n) is 20.8. The normalized spacial score (nSPS) is 13.8. The van der Waals surface area contributed by atoms with Gasteiger partial charge in [-0.1, -0.05) is 165 Å². The molecule has 0 aliphatic heterocycles. The third-order valence-electron chi connectivity index (χ3n) is 12.6. The summed E-state index contributed by atoms with van der Waals surface area (Å²) in [5.41, 5.74) is 11.1. The van der Waals surface area contributed by atoms with E-state index in [-0.39, 0.29) is 5.92 Å². The van der Waals surface area contributed by atoms with Gasteiger partial charge in [0.05, 0.1) is 21.8 Å². The molecule has 0 saturated heterocycles. The second-order valence-electron chi connectivity index (χ2n) is 16.3. The number of thiophene rings is 1. The standard InChI is InChI=1S/C55H35N5S/c1-32-27-42-29-39-16-7-8-17-40(39)30-45(42)48-49(32)60-47(31-46-44-26-25-34-12-9-10-18-43(34)50(44)61-51(46)55(60)56-48)35-20-22-37(23-21-35)53-57-52(36-13-3-2-4-14-36)58-54(59-53)41-24-19-33-11-5-6-15-38(33)28-41/h2-26,28-32H,27H2,1H3. The minimum absolute atomic E-state index is 0.263. The van der Waals surface area contributed by atoms with Crippen LogP contribution in [0.1, 0.15) is 24.1 Å². The van der Waals surface area contributed by atoms with Crippen molar-refractivity contribution in [2.24, 2.45) is 0 Å². The predicted molar refractivity (Wildman–Crippen MR) is 253 cm³/mol. The minimum atomic E-state index is 0.263. The van der Waals surface area contributed by atoms with Crippen LogP contribution in [-0.2, 0) is 6.42 Å². The van der Waals surface area contributed by atoms with E-state index in [0.717, 1.165) is 51.1 Å². The van der Waals surface area contributed by atoms with Crippen LogP contribution < -0.4 is 0 Å². The molecule has 0 saturated carbocycles. The highest BCUT2D eigenvalue weighted by Crippen LogP contribution is 2.47. The largest absolute Gasteiger partial charge is 0.295 e. The number of hydrogen-bond donors (Lipinski definition) is 0. The van der Waals surface area contributed by atoms with Crippen molar-refractivity contribution >= 4 is 69.5 Å². The molecule has 1 atom stereocenters. The van der Waals surface area contributed by atoms with Crippen LogP contribution in [0.4, 0.5) is 0 Å². The molecule has 4 heterocycles. The van der Waals surface area contributed by atoms with E-state index in [1.807, 2.05) is 29.5 Å². The molecule has 1 aliphatic rings. The summed E-state index contributed by atoms with van der Waals surface area (Å²) in [4.78, 5) is 20.9. The topological polar surface area (TPSA) is 56.0 Å². The maximum absolute atomic E-state index is 5.65. The van der Waals surface area contributed by atoms with Gasteiger partial charge in [0.2, 0.25) is 0 Å². The number of imidazole rings is 1. The molecular weight excluding hydrogens is 763 g/mol. The van der Waals surface area contributed by atoms with Gasteiger partial charge >= 0.3 is 0 Å². The zero-order chi connectivity index (χ0) is 40.2. The zero-order valence-electron chi connectivity index (χ0n) is 33.2. The summed E-state index contributed by atoms with van der Waals surface area (Å²) in [6.07, 6.45) is 0.955. The summed E-state index contributed by atoms with van der Waals surface area (Å²) in [5.74, 6) is 2.19. The van der Waals surface area contributed by atoms with Crippen molar-refractivity contribution in [3.63, 3.8) is 0 Å². The zero-order valence-corrected chi connectivity index (χ0v) is 34.0. The van der Waals surface area contributed by atoms with E-state index in [9.17, 15) is 0 Å². The molecule has 0 fully saturated rings. The Kier molecular flexibility index (Phi) is 7.45. The van der Waals surface area contributed by atoms with Crippen LogP contribution in [0.3, 0.4) is 0 Å². The van der Waals surface area contributed by atoms with Gasteiger partial charge in [0.25, 0.3) is 0 Å². The lowest BCUT2D eigenvalue weighted by Crippen LogP contribution is -2.11. The lowest BCUT2D eigenvalue weighted by Gasteiger charge is -2.23. The summed E-state index contributed by atoms with van der Waals surface area (Å²) in [6.45, 7) is 2.36. The minimum Gasteiger partial charge on any atom is -0.295 e. The maximum atomic E-state index is 5.65. The molecule has 5 nitrogen and oxygen atoms in total. The van der Waals surface area contributed by atoms with Gasteiger partial charge in [-0.3, -0.25) is 4.40 Å². The number of benzene rings is 8. The van der Waals surface area contributed by atoms with E-state index in [1.54, 1.807) is 0 Å². The van der Waals surface area contributed by atoms with Gasteiger partial charge in [-0.2, -0.15) is 0 Å². The van der Waals surface area contributed by atoms with Crippen LogP contribution in [0.2, 0.25) is 0 Å². The number of rotatable bonds is 4. The summed E-state index contributed by atoms with van der Waals surface area (Å²) in [6, 6.07) is 62.8. The first kappa shape index (κ1) is 34.3. The quantitative estimate of drug-likeness (QED) is 0.178. The fraction of sp³-hybridized carbons (Fsp3) is 0.0545. The summed E-state index contributed by atoms with van der Waals surface area (Å²) < 4.78 is 4.99. The van der Waals surface area contributed by atoms with E-state index >= 15 is 0 Å². The number of nitrogens with zero attached hydrogens (tertiary/aromatic N) is 5. The Morgan fingerprint density at radius 1 is 0.459 bits per heavy atom. The van der Waals surface area contributed by atoms with Crippen LogP contribution in [0.5, 0.6) is 0 Å². The van der Waals surface area contributed by atoms with Crippen LogP contribution in [-0.4, -0.2) is 24.3 Å². The van der Waals surface area contributed by atoms with E-state index in [1.165, 1.54) is 63.9 Å². The smallest absolute Gasteiger partial charge is 0.164 e. The highest BCUT2D eigenvalue weighted by atomic mass is 32.1. The molecule has 1 unspecified atom stereocenters. The Labute approximate surface area is 355 Å². The van der Waals surface area contributed by atoms with Crippen molar-refractivity contribution in [2.75, 3.05) is 0 Å². The first-order chi connectivity index (χ1) is 30.1.